The van der Waals surface area contributed by atoms with Crippen LogP contribution < -0.4 is 5.32 Å². The van der Waals surface area contributed by atoms with E-state index >= 15 is 0 Å². The Balaban J connectivity index is 1.57. The molecule has 0 spiro atoms. The molecule has 0 bridgehead atoms. The SMILES string of the molecule is C[C@@H]1Cc2ccsc2[C@H](C)N1CCNC(=O)c1ccccn1. The Morgan fingerprint density at radius 1 is 1.41 bits per heavy atom. The summed E-state index contributed by atoms with van der Waals surface area (Å²) in [6.07, 6.45) is 2.74. The Morgan fingerprint density at radius 2 is 2.27 bits per heavy atom. The van der Waals surface area contributed by atoms with Gasteiger partial charge in [-0.05, 0) is 49.4 Å². The highest BCUT2D eigenvalue weighted by molar-refractivity contribution is 7.10. The van der Waals surface area contributed by atoms with Crippen LogP contribution in [0.4, 0.5) is 0 Å². The lowest BCUT2D eigenvalue weighted by atomic mass is 9.97. The van der Waals surface area contributed by atoms with E-state index in [1.807, 2.05) is 23.5 Å². The van der Waals surface area contributed by atoms with Crippen LogP contribution >= 0.6 is 11.3 Å². The van der Waals surface area contributed by atoms with Gasteiger partial charge in [-0.1, -0.05) is 6.07 Å². The van der Waals surface area contributed by atoms with Gasteiger partial charge in [0.1, 0.15) is 5.69 Å². The molecule has 2 atom stereocenters. The molecule has 5 heteroatoms. The molecule has 3 heterocycles. The summed E-state index contributed by atoms with van der Waals surface area (Å²) in [6.45, 7) is 6.02. The molecule has 0 aromatic carbocycles. The zero-order chi connectivity index (χ0) is 15.5. The topological polar surface area (TPSA) is 45.2 Å². The first kappa shape index (κ1) is 15.2. The Morgan fingerprint density at radius 3 is 3.05 bits per heavy atom. The van der Waals surface area contributed by atoms with Gasteiger partial charge in [0.25, 0.3) is 5.91 Å². The van der Waals surface area contributed by atoms with Crippen molar-refractivity contribution >= 4 is 17.2 Å². The van der Waals surface area contributed by atoms with Gasteiger partial charge in [0.2, 0.25) is 0 Å². The number of aromatic nitrogens is 1. The minimum atomic E-state index is -0.102. The molecule has 0 saturated carbocycles. The first-order valence-electron chi connectivity index (χ1n) is 7.68. The van der Waals surface area contributed by atoms with E-state index in [0.29, 0.717) is 24.3 Å². The molecular weight excluding hydrogens is 294 g/mol. The maximum absolute atomic E-state index is 12.0. The fraction of sp³-hybridized carbons (Fsp3) is 0.412. The van der Waals surface area contributed by atoms with Crippen LogP contribution in [0, 0.1) is 0 Å². The molecule has 4 nitrogen and oxygen atoms in total. The first-order valence-corrected chi connectivity index (χ1v) is 8.56. The number of thiophene rings is 1. The third kappa shape index (κ3) is 3.05. The van der Waals surface area contributed by atoms with Gasteiger partial charge in [-0.15, -0.1) is 11.3 Å². The summed E-state index contributed by atoms with van der Waals surface area (Å²) < 4.78 is 0. The molecule has 0 aliphatic carbocycles. The minimum Gasteiger partial charge on any atom is -0.349 e. The van der Waals surface area contributed by atoms with Crippen molar-refractivity contribution in [2.75, 3.05) is 13.1 Å². The molecule has 116 valence electrons. The number of pyridine rings is 1. The first-order chi connectivity index (χ1) is 10.7. The van der Waals surface area contributed by atoms with E-state index in [1.165, 1.54) is 10.4 Å². The van der Waals surface area contributed by atoms with Gasteiger partial charge < -0.3 is 5.32 Å². The molecule has 0 saturated heterocycles. The quantitative estimate of drug-likeness (QED) is 0.943. The summed E-state index contributed by atoms with van der Waals surface area (Å²) in [4.78, 5) is 20.0. The molecular formula is C17H21N3OS. The zero-order valence-corrected chi connectivity index (χ0v) is 13.8. The monoisotopic (exact) mass is 315 g/mol. The average Bonchev–Trinajstić information content (AvgIpc) is 2.99. The van der Waals surface area contributed by atoms with Crippen LogP contribution in [0.25, 0.3) is 0 Å². The van der Waals surface area contributed by atoms with Gasteiger partial charge in [0.05, 0.1) is 0 Å². The molecule has 2 aromatic rings. The lowest BCUT2D eigenvalue weighted by Crippen LogP contribution is -2.44. The molecule has 1 amide bonds. The van der Waals surface area contributed by atoms with Gasteiger partial charge in [-0.3, -0.25) is 14.7 Å². The van der Waals surface area contributed by atoms with Crippen LogP contribution in [0.3, 0.4) is 0 Å². The van der Waals surface area contributed by atoms with Crippen LogP contribution in [-0.4, -0.2) is 34.9 Å². The van der Waals surface area contributed by atoms with E-state index in [0.717, 1.165) is 13.0 Å². The van der Waals surface area contributed by atoms with Crippen LogP contribution in [0.15, 0.2) is 35.8 Å². The van der Waals surface area contributed by atoms with Crippen molar-refractivity contribution in [3.63, 3.8) is 0 Å². The maximum Gasteiger partial charge on any atom is 0.269 e. The van der Waals surface area contributed by atoms with Crippen molar-refractivity contribution in [2.45, 2.75) is 32.4 Å². The summed E-state index contributed by atoms with van der Waals surface area (Å²) >= 11 is 1.84. The van der Waals surface area contributed by atoms with Crippen molar-refractivity contribution in [2.24, 2.45) is 0 Å². The third-order valence-corrected chi connectivity index (χ3v) is 5.42. The van der Waals surface area contributed by atoms with Crippen LogP contribution in [0.1, 0.15) is 40.8 Å². The van der Waals surface area contributed by atoms with E-state index < -0.39 is 0 Å². The highest BCUT2D eigenvalue weighted by atomic mass is 32.1. The van der Waals surface area contributed by atoms with Gasteiger partial charge in [-0.25, -0.2) is 0 Å². The fourth-order valence-electron chi connectivity index (χ4n) is 3.15. The van der Waals surface area contributed by atoms with E-state index in [-0.39, 0.29) is 5.91 Å². The molecule has 0 unspecified atom stereocenters. The van der Waals surface area contributed by atoms with Crippen molar-refractivity contribution in [3.05, 3.63) is 52.0 Å². The van der Waals surface area contributed by atoms with Crippen LogP contribution in [0.2, 0.25) is 0 Å². The summed E-state index contributed by atoms with van der Waals surface area (Å²) in [5.74, 6) is -0.102. The molecule has 1 aliphatic rings. The number of hydrogen-bond acceptors (Lipinski definition) is 4. The van der Waals surface area contributed by atoms with Gasteiger partial charge >= 0.3 is 0 Å². The number of carbonyl (C=O) groups is 1. The van der Waals surface area contributed by atoms with E-state index in [4.69, 9.17) is 0 Å². The number of amides is 1. The number of hydrogen-bond donors (Lipinski definition) is 1. The second-order valence-electron chi connectivity index (χ2n) is 5.75. The zero-order valence-electron chi connectivity index (χ0n) is 13.0. The Hall–Kier alpha value is -1.72. The largest absolute Gasteiger partial charge is 0.349 e. The summed E-state index contributed by atoms with van der Waals surface area (Å²) in [7, 11) is 0. The van der Waals surface area contributed by atoms with E-state index in [2.05, 4.69) is 40.5 Å². The molecule has 1 aliphatic heterocycles. The summed E-state index contributed by atoms with van der Waals surface area (Å²) in [6, 6.07) is 8.54. The normalized spacial score (nSPS) is 21.4. The lowest BCUT2D eigenvalue weighted by molar-refractivity contribution is 0.0925. The van der Waals surface area contributed by atoms with E-state index in [1.54, 1.807) is 12.3 Å². The summed E-state index contributed by atoms with van der Waals surface area (Å²) in [5.41, 5.74) is 1.96. The van der Waals surface area contributed by atoms with Crippen molar-refractivity contribution < 1.29 is 4.79 Å². The van der Waals surface area contributed by atoms with Crippen LogP contribution in [-0.2, 0) is 6.42 Å². The Bertz CT molecular complexity index is 640. The summed E-state index contributed by atoms with van der Waals surface area (Å²) in [5, 5.41) is 5.15. The molecule has 22 heavy (non-hydrogen) atoms. The molecule has 0 fully saturated rings. The molecule has 3 rings (SSSR count). The molecule has 0 radical (unpaired) electrons. The number of fused-ring (bicyclic) bond motifs is 1. The minimum absolute atomic E-state index is 0.102. The lowest BCUT2D eigenvalue weighted by Gasteiger charge is -2.38. The predicted molar refractivity (Wildman–Crippen MR) is 89.2 cm³/mol. The smallest absolute Gasteiger partial charge is 0.269 e. The Kier molecular flexibility index (Phi) is 4.55. The Labute approximate surface area is 135 Å². The number of nitrogens with zero attached hydrogens (tertiary/aromatic N) is 2. The van der Waals surface area contributed by atoms with Gasteiger partial charge in [0.15, 0.2) is 0 Å². The molecule has 2 aromatic heterocycles. The van der Waals surface area contributed by atoms with E-state index in [9.17, 15) is 4.79 Å². The molecule has 1 N–H and O–H groups in total. The highest BCUT2D eigenvalue weighted by Gasteiger charge is 2.29. The highest BCUT2D eigenvalue weighted by Crippen LogP contribution is 2.35. The maximum atomic E-state index is 12.0. The third-order valence-electron chi connectivity index (χ3n) is 4.29. The van der Waals surface area contributed by atoms with Crippen LogP contribution in [0.5, 0.6) is 0 Å². The van der Waals surface area contributed by atoms with Crippen molar-refractivity contribution in [3.8, 4) is 0 Å². The fourth-order valence-corrected chi connectivity index (χ4v) is 4.16. The average molecular weight is 315 g/mol. The standard InChI is InChI=1S/C17H21N3OS/c1-12-11-14-6-10-22-16(14)13(2)20(12)9-8-19-17(21)15-5-3-4-7-18-15/h3-7,10,12-13H,8-9,11H2,1-2H3,(H,19,21)/t12-,13+/m1/s1. The second kappa shape index (κ2) is 6.58. The van der Waals surface area contributed by atoms with Crippen molar-refractivity contribution in [1.82, 2.24) is 15.2 Å². The second-order valence-corrected chi connectivity index (χ2v) is 6.70. The number of rotatable bonds is 4. The predicted octanol–water partition coefficient (Wildman–Crippen LogP) is 2.88. The number of carbonyl (C=O) groups excluding carboxylic acids is 1. The van der Waals surface area contributed by atoms with Gasteiger partial charge in [-0.2, -0.15) is 0 Å². The van der Waals surface area contributed by atoms with Crippen molar-refractivity contribution in [1.29, 1.82) is 0 Å². The van der Waals surface area contributed by atoms with Gasteiger partial charge in [0, 0.05) is 36.2 Å². The number of nitrogens with one attached hydrogen (secondary N) is 1.